The number of nitrogens with zero attached hydrogens (tertiary/aromatic N) is 2. The van der Waals surface area contributed by atoms with E-state index in [9.17, 15) is 9.59 Å². The van der Waals surface area contributed by atoms with E-state index in [1.54, 1.807) is 6.07 Å². The SMILES string of the molecule is CC(C)C[C@H](NC(=O)c1cc(-c2cccn2C)n[nH]1)C(N)=O. The lowest BCUT2D eigenvalue weighted by atomic mass is 10.0. The first kappa shape index (κ1) is 15.8. The molecule has 7 nitrogen and oxygen atoms in total. The van der Waals surface area contributed by atoms with Crippen LogP contribution in [0, 0.1) is 5.92 Å². The lowest BCUT2D eigenvalue weighted by molar-refractivity contribution is -0.120. The maximum atomic E-state index is 12.2. The summed E-state index contributed by atoms with van der Waals surface area (Å²) in [5, 5.41) is 9.47. The third-order valence-electron chi connectivity index (χ3n) is 3.38. The van der Waals surface area contributed by atoms with Gasteiger partial charge in [0.25, 0.3) is 5.91 Å². The average Bonchev–Trinajstić information content (AvgIpc) is 3.05. The molecule has 0 saturated carbocycles. The molecule has 0 unspecified atom stereocenters. The van der Waals surface area contributed by atoms with Gasteiger partial charge in [0.1, 0.15) is 17.4 Å². The molecular weight excluding hydrogens is 282 g/mol. The zero-order chi connectivity index (χ0) is 16.3. The summed E-state index contributed by atoms with van der Waals surface area (Å²) in [5.74, 6) is -0.680. The Balaban J connectivity index is 2.12. The molecule has 0 aliphatic rings. The summed E-state index contributed by atoms with van der Waals surface area (Å²) in [6.45, 7) is 3.93. The van der Waals surface area contributed by atoms with Crippen molar-refractivity contribution >= 4 is 11.8 Å². The van der Waals surface area contributed by atoms with Crippen LogP contribution in [0.3, 0.4) is 0 Å². The third-order valence-corrected chi connectivity index (χ3v) is 3.38. The molecule has 2 heterocycles. The Bertz CT molecular complexity index is 671. The third kappa shape index (κ3) is 3.55. The van der Waals surface area contributed by atoms with Gasteiger partial charge in [-0.25, -0.2) is 0 Å². The second kappa shape index (κ2) is 6.46. The number of carbonyl (C=O) groups is 2. The summed E-state index contributed by atoms with van der Waals surface area (Å²) in [7, 11) is 1.90. The first-order valence-electron chi connectivity index (χ1n) is 7.15. The van der Waals surface area contributed by atoms with Crippen LogP contribution in [0.15, 0.2) is 24.4 Å². The van der Waals surface area contributed by atoms with E-state index >= 15 is 0 Å². The number of carbonyl (C=O) groups excluding carboxylic acids is 2. The summed E-state index contributed by atoms with van der Waals surface area (Å²) < 4.78 is 1.91. The minimum absolute atomic E-state index is 0.249. The topological polar surface area (TPSA) is 106 Å². The summed E-state index contributed by atoms with van der Waals surface area (Å²) in [5.41, 5.74) is 7.18. The van der Waals surface area contributed by atoms with Crippen molar-refractivity contribution in [3.05, 3.63) is 30.1 Å². The maximum absolute atomic E-state index is 12.2. The van der Waals surface area contributed by atoms with Gasteiger partial charge >= 0.3 is 0 Å². The van der Waals surface area contributed by atoms with E-state index in [1.807, 2.05) is 43.8 Å². The van der Waals surface area contributed by atoms with E-state index in [0.29, 0.717) is 17.8 Å². The molecule has 0 aliphatic carbocycles. The molecule has 2 aromatic rings. The molecular formula is C15H21N5O2. The number of nitrogens with one attached hydrogen (secondary N) is 2. The van der Waals surface area contributed by atoms with Gasteiger partial charge < -0.3 is 15.6 Å². The number of amides is 2. The van der Waals surface area contributed by atoms with Crippen LogP contribution in [0.4, 0.5) is 0 Å². The minimum Gasteiger partial charge on any atom is -0.368 e. The molecule has 2 aromatic heterocycles. The van der Waals surface area contributed by atoms with Gasteiger partial charge in [0, 0.05) is 13.2 Å². The number of hydrogen-bond acceptors (Lipinski definition) is 3. The van der Waals surface area contributed by atoms with E-state index in [4.69, 9.17) is 5.73 Å². The zero-order valence-electron chi connectivity index (χ0n) is 13.0. The lowest BCUT2D eigenvalue weighted by Gasteiger charge is -2.16. The summed E-state index contributed by atoms with van der Waals surface area (Å²) in [6, 6.07) is 4.77. The molecule has 1 atom stereocenters. The number of aromatic nitrogens is 3. The number of H-pyrrole nitrogens is 1. The van der Waals surface area contributed by atoms with Crippen LogP contribution in [0.25, 0.3) is 11.4 Å². The van der Waals surface area contributed by atoms with Crippen LogP contribution in [0.1, 0.15) is 30.8 Å². The molecule has 2 rings (SSSR count). The fraction of sp³-hybridized carbons (Fsp3) is 0.400. The van der Waals surface area contributed by atoms with Crippen molar-refractivity contribution in [2.45, 2.75) is 26.3 Å². The lowest BCUT2D eigenvalue weighted by Crippen LogP contribution is -2.45. The Kier molecular flexibility index (Phi) is 4.65. The normalized spacial score (nSPS) is 12.4. The highest BCUT2D eigenvalue weighted by molar-refractivity contribution is 5.96. The molecule has 7 heteroatoms. The highest BCUT2D eigenvalue weighted by Crippen LogP contribution is 2.17. The maximum Gasteiger partial charge on any atom is 0.269 e. The Morgan fingerprint density at radius 3 is 2.73 bits per heavy atom. The number of rotatable bonds is 6. The number of aryl methyl sites for hydroxylation is 1. The fourth-order valence-corrected chi connectivity index (χ4v) is 2.25. The van der Waals surface area contributed by atoms with E-state index in [-0.39, 0.29) is 5.92 Å². The number of aromatic amines is 1. The van der Waals surface area contributed by atoms with Crippen LogP contribution in [0.2, 0.25) is 0 Å². The molecule has 22 heavy (non-hydrogen) atoms. The highest BCUT2D eigenvalue weighted by atomic mass is 16.2. The van der Waals surface area contributed by atoms with Crippen LogP contribution in [-0.2, 0) is 11.8 Å². The quantitative estimate of drug-likeness (QED) is 0.742. The fourth-order valence-electron chi connectivity index (χ4n) is 2.25. The van der Waals surface area contributed by atoms with E-state index < -0.39 is 17.9 Å². The summed E-state index contributed by atoms with van der Waals surface area (Å²) in [4.78, 5) is 23.6. The summed E-state index contributed by atoms with van der Waals surface area (Å²) >= 11 is 0. The van der Waals surface area contributed by atoms with E-state index in [2.05, 4.69) is 15.5 Å². The van der Waals surface area contributed by atoms with Crippen molar-refractivity contribution < 1.29 is 9.59 Å². The first-order valence-corrected chi connectivity index (χ1v) is 7.15. The Morgan fingerprint density at radius 1 is 1.45 bits per heavy atom. The zero-order valence-corrected chi connectivity index (χ0v) is 13.0. The molecule has 4 N–H and O–H groups in total. The van der Waals surface area contributed by atoms with Crippen LogP contribution < -0.4 is 11.1 Å². The monoisotopic (exact) mass is 303 g/mol. The van der Waals surface area contributed by atoms with Crippen molar-refractivity contribution in [2.75, 3.05) is 0 Å². The van der Waals surface area contributed by atoms with Gasteiger partial charge in [0.2, 0.25) is 5.91 Å². The molecule has 0 saturated heterocycles. The first-order chi connectivity index (χ1) is 10.4. The second-order valence-electron chi connectivity index (χ2n) is 5.73. The Hall–Kier alpha value is -2.57. The van der Waals surface area contributed by atoms with Gasteiger partial charge in [-0.2, -0.15) is 5.10 Å². The predicted molar refractivity (Wildman–Crippen MR) is 82.9 cm³/mol. The standard InChI is InChI=1S/C15H21N5O2/c1-9(2)7-11(14(16)21)17-15(22)12-8-10(18-19-12)13-5-4-6-20(13)3/h4-6,8-9,11H,7H2,1-3H3,(H2,16,21)(H,17,22)(H,18,19)/t11-/m0/s1. The van der Waals surface area contributed by atoms with Gasteiger partial charge in [0.05, 0.1) is 5.69 Å². The molecule has 118 valence electrons. The average molecular weight is 303 g/mol. The van der Waals surface area contributed by atoms with Gasteiger partial charge in [0.15, 0.2) is 0 Å². The second-order valence-corrected chi connectivity index (χ2v) is 5.73. The van der Waals surface area contributed by atoms with Crippen molar-refractivity contribution in [3.63, 3.8) is 0 Å². The molecule has 0 fully saturated rings. The largest absolute Gasteiger partial charge is 0.368 e. The van der Waals surface area contributed by atoms with E-state index in [0.717, 1.165) is 5.69 Å². The summed E-state index contributed by atoms with van der Waals surface area (Å²) in [6.07, 6.45) is 2.40. The Morgan fingerprint density at radius 2 is 2.18 bits per heavy atom. The number of primary amides is 1. The van der Waals surface area contributed by atoms with Crippen molar-refractivity contribution in [2.24, 2.45) is 18.7 Å². The number of hydrogen-bond donors (Lipinski definition) is 3. The van der Waals surface area contributed by atoms with Crippen LogP contribution in [0.5, 0.6) is 0 Å². The van der Waals surface area contributed by atoms with Gasteiger partial charge in [-0.15, -0.1) is 0 Å². The predicted octanol–water partition coefficient (Wildman–Crippen LogP) is 1.04. The van der Waals surface area contributed by atoms with Crippen molar-refractivity contribution in [1.29, 1.82) is 0 Å². The molecule has 0 spiro atoms. The van der Waals surface area contributed by atoms with Gasteiger partial charge in [-0.05, 0) is 30.5 Å². The minimum atomic E-state index is -0.686. The molecule has 2 amide bonds. The molecule has 0 aromatic carbocycles. The molecule has 0 radical (unpaired) electrons. The van der Waals surface area contributed by atoms with Gasteiger partial charge in [-0.3, -0.25) is 14.7 Å². The molecule has 0 aliphatic heterocycles. The van der Waals surface area contributed by atoms with Crippen LogP contribution >= 0.6 is 0 Å². The smallest absolute Gasteiger partial charge is 0.269 e. The van der Waals surface area contributed by atoms with Gasteiger partial charge in [-0.1, -0.05) is 13.8 Å². The highest BCUT2D eigenvalue weighted by Gasteiger charge is 2.21. The van der Waals surface area contributed by atoms with E-state index in [1.165, 1.54) is 0 Å². The Labute approximate surface area is 128 Å². The van der Waals surface area contributed by atoms with Crippen molar-refractivity contribution in [3.8, 4) is 11.4 Å². The van der Waals surface area contributed by atoms with Crippen molar-refractivity contribution in [1.82, 2.24) is 20.1 Å². The molecule has 0 bridgehead atoms. The van der Waals surface area contributed by atoms with Crippen LogP contribution in [-0.4, -0.2) is 32.6 Å². The number of nitrogens with two attached hydrogens (primary N) is 1.